The number of carbonyl (C=O) groups is 2. The molecule has 0 aliphatic heterocycles. The van der Waals surface area contributed by atoms with Crippen LogP contribution < -0.4 is 0 Å². The van der Waals surface area contributed by atoms with E-state index in [4.69, 9.17) is 10.2 Å². The number of carboxylic acids is 2. The van der Waals surface area contributed by atoms with Crippen LogP contribution in [0, 0.1) is 5.82 Å². The van der Waals surface area contributed by atoms with Gasteiger partial charge in [0.2, 0.25) is 0 Å². The third kappa shape index (κ3) is 3.75. The van der Waals surface area contributed by atoms with E-state index in [1.165, 1.54) is 18.2 Å². The number of aliphatic carboxylic acids is 2. The Hall–Kier alpha value is -1.95. The standard InChI is InChI=1S/C11H11FO5.C2H6/c1-17-11(9(13)14,10(15)16)6-7-4-2-3-5-8(7)12;1-2/h2-5H,6H2,1H3,(H,13,14)(H,15,16);1-2H3. The molecule has 0 saturated carbocycles. The van der Waals surface area contributed by atoms with Crippen LogP contribution in [0.15, 0.2) is 24.3 Å². The Morgan fingerprint density at radius 3 is 2.05 bits per heavy atom. The Balaban J connectivity index is 0.00000154. The summed E-state index contributed by atoms with van der Waals surface area (Å²) in [5, 5.41) is 17.8. The van der Waals surface area contributed by atoms with Crippen LogP contribution in [-0.4, -0.2) is 34.9 Å². The topological polar surface area (TPSA) is 83.8 Å². The molecule has 1 aromatic rings. The molecule has 0 fully saturated rings. The lowest BCUT2D eigenvalue weighted by Gasteiger charge is -2.23. The number of benzene rings is 1. The number of hydrogen-bond donors (Lipinski definition) is 2. The molecule has 0 aliphatic carbocycles. The van der Waals surface area contributed by atoms with Crippen LogP contribution in [0.5, 0.6) is 0 Å². The van der Waals surface area contributed by atoms with Crippen LogP contribution in [0.1, 0.15) is 19.4 Å². The highest BCUT2D eigenvalue weighted by Gasteiger charge is 2.47. The van der Waals surface area contributed by atoms with E-state index in [9.17, 15) is 14.0 Å². The fraction of sp³-hybridized carbons (Fsp3) is 0.385. The maximum atomic E-state index is 13.3. The zero-order valence-corrected chi connectivity index (χ0v) is 11.0. The molecule has 2 N–H and O–H groups in total. The third-order valence-corrected chi connectivity index (χ3v) is 2.44. The van der Waals surface area contributed by atoms with Crippen LogP contribution in [0.2, 0.25) is 0 Å². The van der Waals surface area contributed by atoms with Gasteiger partial charge in [-0.15, -0.1) is 0 Å². The van der Waals surface area contributed by atoms with Crippen molar-refractivity contribution in [3.8, 4) is 0 Å². The zero-order valence-electron chi connectivity index (χ0n) is 11.0. The number of rotatable bonds is 5. The Morgan fingerprint density at radius 2 is 1.68 bits per heavy atom. The fourth-order valence-corrected chi connectivity index (χ4v) is 1.40. The summed E-state index contributed by atoms with van der Waals surface area (Å²) in [6, 6.07) is 5.35. The van der Waals surface area contributed by atoms with Gasteiger partial charge in [0, 0.05) is 13.5 Å². The Labute approximate surface area is 110 Å². The minimum Gasteiger partial charge on any atom is -0.479 e. The van der Waals surface area contributed by atoms with E-state index in [0.717, 1.165) is 13.2 Å². The second-order valence-electron chi connectivity index (χ2n) is 3.41. The molecule has 6 heteroatoms. The molecule has 0 heterocycles. The van der Waals surface area contributed by atoms with Gasteiger partial charge in [-0.1, -0.05) is 32.0 Å². The van der Waals surface area contributed by atoms with Crippen molar-refractivity contribution < 1.29 is 28.9 Å². The molecule has 1 rings (SSSR count). The molecule has 0 saturated heterocycles. The smallest absolute Gasteiger partial charge is 0.348 e. The summed E-state index contributed by atoms with van der Waals surface area (Å²) in [5.41, 5.74) is -2.50. The second kappa shape index (κ2) is 7.48. The summed E-state index contributed by atoms with van der Waals surface area (Å²) in [6.45, 7) is 4.00. The first-order valence-electron chi connectivity index (χ1n) is 5.69. The molecular formula is C13H17FO5. The van der Waals surface area contributed by atoms with E-state index in [1.54, 1.807) is 0 Å². The summed E-state index contributed by atoms with van der Waals surface area (Å²) in [7, 11) is 0.961. The van der Waals surface area contributed by atoms with E-state index < -0.39 is 29.8 Å². The van der Waals surface area contributed by atoms with Crippen LogP contribution in [-0.2, 0) is 20.7 Å². The Kier molecular flexibility index (Phi) is 6.71. The average molecular weight is 272 g/mol. The first-order chi connectivity index (χ1) is 8.94. The van der Waals surface area contributed by atoms with E-state index >= 15 is 0 Å². The van der Waals surface area contributed by atoms with Gasteiger partial charge in [0.15, 0.2) is 0 Å². The van der Waals surface area contributed by atoms with E-state index in [0.29, 0.717) is 0 Å². The van der Waals surface area contributed by atoms with E-state index in [1.807, 2.05) is 13.8 Å². The van der Waals surface area contributed by atoms with E-state index in [2.05, 4.69) is 4.74 Å². The van der Waals surface area contributed by atoms with Gasteiger partial charge in [-0.25, -0.2) is 14.0 Å². The molecule has 5 nitrogen and oxygen atoms in total. The highest BCUT2D eigenvalue weighted by Crippen LogP contribution is 2.20. The molecule has 0 aromatic heterocycles. The molecule has 19 heavy (non-hydrogen) atoms. The predicted octanol–water partition coefficient (Wildman–Crippen LogP) is 1.95. The molecule has 0 radical (unpaired) electrons. The first kappa shape index (κ1) is 17.1. The van der Waals surface area contributed by atoms with Crippen molar-refractivity contribution in [1.82, 2.24) is 0 Å². The van der Waals surface area contributed by atoms with Crippen molar-refractivity contribution in [2.75, 3.05) is 7.11 Å². The number of halogens is 1. The largest absolute Gasteiger partial charge is 0.479 e. The molecule has 0 spiro atoms. The summed E-state index contributed by atoms with van der Waals surface area (Å²) in [5.74, 6) is -4.01. The van der Waals surface area contributed by atoms with Crippen LogP contribution in [0.25, 0.3) is 0 Å². The fourth-order valence-electron chi connectivity index (χ4n) is 1.40. The maximum Gasteiger partial charge on any atom is 0.348 e. The molecule has 0 aliphatic rings. The van der Waals surface area contributed by atoms with Gasteiger partial charge >= 0.3 is 11.9 Å². The molecule has 1 aromatic carbocycles. The van der Waals surface area contributed by atoms with Crippen LogP contribution in [0.4, 0.5) is 4.39 Å². The Morgan fingerprint density at radius 1 is 1.21 bits per heavy atom. The summed E-state index contributed by atoms with van der Waals surface area (Å²) >= 11 is 0. The molecule has 106 valence electrons. The lowest BCUT2D eigenvalue weighted by atomic mass is 9.94. The SMILES string of the molecule is CC.COC(Cc1ccccc1F)(C(=O)O)C(=O)O. The van der Waals surface area contributed by atoms with Gasteiger partial charge in [0.1, 0.15) is 5.82 Å². The van der Waals surface area contributed by atoms with Gasteiger partial charge in [0.05, 0.1) is 0 Å². The van der Waals surface area contributed by atoms with Gasteiger partial charge in [-0.3, -0.25) is 0 Å². The van der Waals surface area contributed by atoms with Crippen molar-refractivity contribution in [1.29, 1.82) is 0 Å². The lowest BCUT2D eigenvalue weighted by molar-refractivity contribution is -0.179. The maximum absolute atomic E-state index is 13.3. The van der Waals surface area contributed by atoms with Crippen LogP contribution >= 0.6 is 0 Å². The number of methoxy groups -OCH3 is 1. The lowest BCUT2D eigenvalue weighted by Crippen LogP contribution is -2.50. The quantitative estimate of drug-likeness (QED) is 0.800. The van der Waals surface area contributed by atoms with Gasteiger partial charge in [0.25, 0.3) is 5.60 Å². The van der Waals surface area contributed by atoms with Crippen molar-refractivity contribution in [3.63, 3.8) is 0 Å². The summed E-state index contributed by atoms with van der Waals surface area (Å²) in [4.78, 5) is 22.0. The first-order valence-corrected chi connectivity index (χ1v) is 5.69. The van der Waals surface area contributed by atoms with E-state index in [-0.39, 0.29) is 5.56 Å². The monoisotopic (exact) mass is 272 g/mol. The van der Waals surface area contributed by atoms with Gasteiger partial charge in [-0.05, 0) is 11.6 Å². The van der Waals surface area contributed by atoms with Crippen molar-refractivity contribution in [2.45, 2.75) is 25.9 Å². The number of carboxylic acid groups (broad SMARTS) is 2. The molecular weight excluding hydrogens is 255 g/mol. The van der Waals surface area contributed by atoms with Crippen molar-refractivity contribution in [3.05, 3.63) is 35.6 Å². The minimum atomic E-state index is -2.47. The van der Waals surface area contributed by atoms with Crippen LogP contribution in [0.3, 0.4) is 0 Å². The number of hydrogen-bond acceptors (Lipinski definition) is 3. The van der Waals surface area contributed by atoms with Gasteiger partial charge in [-0.2, -0.15) is 0 Å². The molecule has 0 unspecified atom stereocenters. The van der Waals surface area contributed by atoms with Crippen molar-refractivity contribution >= 4 is 11.9 Å². The number of ether oxygens (including phenoxy) is 1. The summed E-state index contributed by atoms with van der Waals surface area (Å²) in [6.07, 6.45) is -0.582. The molecule has 0 bridgehead atoms. The highest BCUT2D eigenvalue weighted by atomic mass is 19.1. The molecule has 0 atom stereocenters. The highest BCUT2D eigenvalue weighted by molar-refractivity contribution is 6.02. The minimum absolute atomic E-state index is 0.0286. The molecule has 0 amide bonds. The normalized spacial score (nSPS) is 10.3. The Bertz CT molecular complexity index is 430. The summed E-state index contributed by atoms with van der Waals surface area (Å²) < 4.78 is 17.9. The second-order valence-corrected chi connectivity index (χ2v) is 3.41. The average Bonchev–Trinajstić information content (AvgIpc) is 2.39. The van der Waals surface area contributed by atoms with Crippen molar-refractivity contribution in [2.24, 2.45) is 0 Å². The zero-order chi connectivity index (χ0) is 15.1. The van der Waals surface area contributed by atoms with Gasteiger partial charge < -0.3 is 14.9 Å². The predicted molar refractivity (Wildman–Crippen MR) is 66.5 cm³/mol. The third-order valence-electron chi connectivity index (χ3n) is 2.44.